The van der Waals surface area contributed by atoms with Gasteiger partial charge in [0.2, 0.25) is 0 Å². The molecule has 3 aromatic rings. The molecular weight excluding hydrogens is 411 g/mol. The SMILES string of the molecule is CC(C)(N)[C@]1(c2ccc(F)cc2)CC[C@H](CCc2cc3cc[nH]c(=O)c3cc2Cl)CC1. The molecule has 2 aromatic carbocycles. The van der Waals surface area contributed by atoms with Crippen LogP contribution in [0.5, 0.6) is 0 Å². The van der Waals surface area contributed by atoms with Gasteiger partial charge in [0.1, 0.15) is 5.82 Å². The van der Waals surface area contributed by atoms with Crippen LogP contribution < -0.4 is 11.3 Å². The Bertz CT molecular complexity index is 1120. The Morgan fingerprint density at radius 2 is 1.84 bits per heavy atom. The first kappa shape index (κ1) is 22.0. The van der Waals surface area contributed by atoms with Gasteiger partial charge in [0.25, 0.3) is 5.56 Å². The summed E-state index contributed by atoms with van der Waals surface area (Å²) < 4.78 is 13.5. The molecule has 0 aliphatic heterocycles. The van der Waals surface area contributed by atoms with Crippen LogP contribution in [0, 0.1) is 11.7 Å². The lowest BCUT2D eigenvalue weighted by Gasteiger charge is -2.49. The fourth-order valence-corrected chi connectivity index (χ4v) is 5.60. The van der Waals surface area contributed by atoms with Gasteiger partial charge in [-0.1, -0.05) is 23.7 Å². The van der Waals surface area contributed by atoms with Gasteiger partial charge in [-0.25, -0.2) is 4.39 Å². The maximum Gasteiger partial charge on any atom is 0.255 e. The number of hydrogen-bond donors (Lipinski definition) is 2. The fourth-order valence-electron chi connectivity index (χ4n) is 5.34. The molecular formula is C26H30ClFN2O. The highest BCUT2D eigenvalue weighted by Gasteiger charge is 2.46. The molecule has 0 saturated heterocycles. The Hall–Kier alpha value is -2.17. The molecule has 0 amide bonds. The standard InChI is InChI=1S/C26H30ClFN2O/c1-25(2,29)26(20-5-7-21(28)8-6-20)12-9-17(10-13-26)3-4-19-15-18-11-14-30-24(31)22(18)16-23(19)27/h5-8,11,14-17H,3-4,9-10,12-13,29H2,1-2H3,(H,30,31)/t17-,26+. The van der Waals surface area contributed by atoms with E-state index < -0.39 is 0 Å². The van der Waals surface area contributed by atoms with Gasteiger partial charge in [-0.05, 0) is 105 Å². The number of benzene rings is 2. The molecule has 1 fully saturated rings. The largest absolute Gasteiger partial charge is 0.329 e. The quantitative estimate of drug-likeness (QED) is 0.502. The monoisotopic (exact) mass is 440 g/mol. The zero-order valence-electron chi connectivity index (χ0n) is 18.2. The van der Waals surface area contributed by atoms with Crippen molar-refractivity contribution < 1.29 is 4.39 Å². The smallest absolute Gasteiger partial charge is 0.255 e. The lowest BCUT2D eigenvalue weighted by Crippen LogP contribution is -2.55. The van der Waals surface area contributed by atoms with Crippen molar-refractivity contribution in [1.82, 2.24) is 4.98 Å². The Kier molecular flexibility index (Phi) is 5.97. The van der Waals surface area contributed by atoms with Crippen LogP contribution in [0.1, 0.15) is 57.1 Å². The highest BCUT2D eigenvalue weighted by atomic mass is 35.5. The van der Waals surface area contributed by atoms with Crippen LogP contribution in [0.2, 0.25) is 5.02 Å². The highest BCUT2D eigenvalue weighted by Crippen LogP contribution is 2.48. The molecule has 1 aliphatic rings. The minimum absolute atomic E-state index is 0.111. The number of nitrogens with two attached hydrogens (primary N) is 1. The molecule has 0 atom stereocenters. The first-order valence-corrected chi connectivity index (χ1v) is 11.4. The second-order valence-corrected chi connectivity index (χ2v) is 10.0. The number of aryl methyl sites for hydroxylation is 1. The van der Waals surface area contributed by atoms with Crippen LogP contribution in [-0.2, 0) is 11.8 Å². The summed E-state index contributed by atoms with van der Waals surface area (Å²) >= 11 is 6.49. The maximum absolute atomic E-state index is 13.5. The number of aromatic amines is 1. The number of rotatable bonds is 5. The van der Waals surface area contributed by atoms with Crippen LogP contribution in [-0.4, -0.2) is 10.5 Å². The van der Waals surface area contributed by atoms with E-state index in [0.29, 0.717) is 16.3 Å². The second kappa shape index (κ2) is 8.40. The van der Waals surface area contributed by atoms with Gasteiger partial charge in [0, 0.05) is 27.6 Å². The van der Waals surface area contributed by atoms with E-state index in [2.05, 4.69) is 18.8 Å². The summed E-state index contributed by atoms with van der Waals surface area (Å²) in [4.78, 5) is 14.7. The average Bonchev–Trinajstić information content (AvgIpc) is 2.73. The summed E-state index contributed by atoms with van der Waals surface area (Å²) in [5.41, 5.74) is 8.27. The maximum atomic E-state index is 13.5. The first-order chi connectivity index (χ1) is 14.7. The predicted octanol–water partition coefficient (Wildman–Crippen LogP) is 6.12. The number of fused-ring (bicyclic) bond motifs is 1. The van der Waals surface area contributed by atoms with E-state index in [-0.39, 0.29) is 22.3 Å². The number of H-pyrrole nitrogens is 1. The molecule has 0 unspecified atom stereocenters. The predicted molar refractivity (Wildman–Crippen MR) is 126 cm³/mol. The molecule has 3 N–H and O–H groups in total. The fraction of sp³-hybridized carbons (Fsp3) is 0.423. The molecule has 1 aromatic heterocycles. The Labute approximate surface area is 187 Å². The molecule has 31 heavy (non-hydrogen) atoms. The number of aromatic nitrogens is 1. The van der Waals surface area contributed by atoms with E-state index in [9.17, 15) is 9.18 Å². The van der Waals surface area contributed by atoms with Crippen molar-refractivity contribution in [1.29, 1.82) is 0 Å². The van der Waals surface area contributed by atoms with Crippen molar-refractivity contribution in [2.75, 3.05) is 0 Å². The van der Waals surface area contributed by atoms with Crippen molar-refractivity contribution in [3.8, 4) is 0 Å². The van der Waals surface area contributed by atoms with Crippen LogP contribution in [0.25, 0.3) is 10.8 Å². The summed E-state index contributed by atoms with van der Waals surface area (Å²) in [7, 11) is 0. The summed E-state index contributed by atoms with van der Waals surface area (Å²) in [5, 5.41) is 2.21. The molecule has 0 bridgehead atoms. The van der Waals surface area contributed by atoms with Crippen molar-refractivity contribution in [2.45, 2.75) is 63.3 Å². The average molecular weight is 441 g/mol. The number of pyridine rings is 1. The summed E-state index contributed by atoms with van der Waals surface area (Å²) in [6.45, 7) is 4.18. The van der Waals surface area contributed by atoms with E-state index in [0.717, 1.165) is 55.0 Å². The van der Waals surface area contributed by atoms with Crippen molar-refractivity contribution in [2.24, 2.45) is 11.7 Å². The minimum atomic E-state index is -0.384. The van der Waals surface area contributed by atoms with Crippen molar-refractivity contribution in [3.63, 3.8) is 0 Å². The molecule has 1 heterocycles. The van der Waals surface area contributed by atoms with Gasteiger partial charge in [0.05, 0.1) is 0 Å². The van der Waals surface area contributed by atoms with Crippen molar-refractivity contribution >= 4 is 22.4 Å². The lowest BCUT2D eigenvalue weighted by atomic mass is 9.57. The third-order valence-electron chi connectivity index (χ3n) is 7.35. The molecule has 3 nitrogen and oxygen atoms in total. The second-order valence-electron chi connectivity index (χ2n) is 9.63. The third-order valence-corrected chi connectivity index (χ3v) is 7.70. The topological polar surface area (TPSA) is 58.9 Å². The van der Waals surface area contributed by atoms with E-state index in [1.54, 1.807) is 24.4 Å². The molecule has 1 saturated carbocycles. The zero-order valence-corrected chi connectivity index (χ0v) is 18.9. The lowest BCUT2D eigenvalue weighted by molar-refractivity contribution is 0.145. The molecule has 4 rings (SSSR count). The highest BCUT2D eigenvalue weighted by molar-refractivity contribution is 6.32. The van der Waals surface area contributed by atoms with Crippen LogP contribution in [0.15, 0.2) is 53.5 Å². The molecule has 0 radical (unpaired) electrons. The van der Waals surface area contributed by atoms with Gasteiger partial charge in [-0.2, -0.15) is 0 Å². The Balaban J connectivity index is 1.47. The molecule has 5 heteroatoms. The number of hydrogen-bond acceptors (Lipinski definition) is 2. The van der Waals surface area contributed by atoms with Gasteiger partial charge in [-0.15, -0.1) is 0 Å². The van der Waals surface area contributed by atoms with E-state index in [4.69, 9.17) is 17.3 Å². The van der Waals surface area contributed by atoms with Crippen LogP contribution in [0.4, 0.5) is 4.39 Å². The number of nitrogens with one attached hydrogen (secondary N) is 1. The minimum Gasteiger partial charge on any atom is -0.329 e. The van der Waals surface area contributed by atoms with Gasteiger partial charge in [0.15, 0.2) is 0 Å². The normalized spacial score (nSPS) is 22.0. The van der Waals surface area contributed by atoms with Gasteiger partial charge >= 0.3 is 0 Å². The molecule has 164 valence electrons. The Morgan fingerprint density at radius 1 is 1.16 bits per heavy atom. The number of halogens is 2. The van der Waals surface area contributed by atoms with Crippen LogP contribution >= 0.6 is 11.6 Å². The Morgan fingerprint density at radius 3 is 2.48 bits per heavy atom. The van der Waals surface area contributed by atoms with Gasteiger partial charge < -0.3 is 10.7 Å². The van der Waals surface area contributed by atoms with E-state index >= 15 is 0 Å². The molecule has 1 aliphatic carbocycles. The third kappa shape index (κ3) is 4.28. The summed E-state index contributed by atoms with van der Waals surface area (Å²) in [6, 6.07) is 12.6. The van der Waals surface area contributed by atoms with E-state index in [1.807, 2.05) is 24.3 Å². The van der Waals surface area contributed by atoms with Crippen molar-refractivity contribution in [3.05, 3.63) is 81.0 Å². The summed E-state index contributed by atoms with van der Waals surface area (Å²) in [5.74, 6) is 0.388. The first-order valence-electron chi connectivity index (χ1n) is 11.0. The van der Waals surface area contributed by atoms with E-state index in [1.165, 1.54) is 0 Å². The van der Waals surface area contributed by atoms with Gasteiger partial charge in [-0.3, -0.25) is 4.79 Å². The summed E-state index contributed by atoms with van der Waals surface area (Å²) in [6.07, 6.45) is 7.78. The van der Waals surface area contributed by atoms with Crippen LogP contribution in [0.3, 0.4) is 0 Å². The molecule has 0 spiro atoms. The zero-order chi connectivity index (χ0) is 22.2.